The summed E-state index contributed by atoms with van der Waals surface area (Å²) >= 11 is 5.94. The Balaban J connectivity index is 1.57. The van der Waals surface area contributed by atoms with E-state index >= 15 is 0 Å². The number of hydrogen-bond acceptors (Lipinski definition) is 5. The van der Waals surface area contributed by atoms with E-state index < -0.39 is 17.8 Å². The zero-order chi connectivity index (χ0) is 22.2. The molecule has 0 aliphatic heterocycles. The van der Waals surface area contributed by atoms with E-state index in [1.165, 1.54) is 6.21 Å². The maximum absolute atomic E-state index is 12.3. The number of hydrogen-bond donors (Lipinski definition) is 2. The number of rotatable bonds is 5. The van der Waals surface area contributed by atoms with E-state index in [0.717, 1.165) is 5.56 Å². The SMILES string of the molecule is Cc1cccc(C(=O)Oc2cccc(/C=N/NC(=O)C(=O)Nc3ccccc3Cl)c2)c1. The van der Waals surface area contributed by atoms with Crippen LogP contribution in [0.5, 0.6) is 5.75 Å². The molecule has 0 aromatic heterocycles. The van der Waals surface area contributed by atoms with Gasteiger partial charge in [-0.25, -0.2) is 10.2 Å². The van der Waals surface area contributed by atoms with E-state index in [2.05, 4.69) is 15.8 Å². The molecule has 0 aliphatic rings. The number of ether oxygens (including phenoxy) is 1. The minimum absolute atomic E-state index is 0.309. The van der Waals surface area contributed by atoms with Crippen LogP contribution in [0, 0.1) is 6.92 Å². The summed E-state index contributed by atoms with van der Waals surface area (Å²) in [5.41, 5.74) is 4.39. The fourth-order valence-corrected chi connectivity index (χ4v) is 2.74. The average molecular weight is 436 g/mol. The average Bonchev–Trinajstić information content (AvgIpc) is 2.75. The molecule has 0 radical (unpaired) electrons. The van der Waals surface area contributed by atoms with Crippen molar-refractivity contribution in [1.82, 2.24) is 5.43 Å². The molecule has 0 unspecified atom stereocenters. The number of nitrogens with zero attached hydrogens (tertiary/aromatic N) is 1. The molecule has 0 saturated carbocycles. The van der Waals surface area contributed by atoms with Gasteiger partial charge in [-0.1, -0.05) is 53.6 Å². The van der Waals surface area contributed by atoms with Crippen LogP contribution in [0.3, 0.4) is 0 Å². The number of benzene rings is 3. The fourth-order valence-electron chi connectivity index (χ4n) is 2.55. The molecule has 0 bridgehead atoms. The summed E-state index contributed by atoms with van der Waals surface area (Å²) in [6.07, 6.45) is 1.32. The fraction of sp³-hybridized carbons (Fsp3) is 0.0435. The molecular weight excluding hydrogens is 418 g/mol. The summed E-state index contributed by atoms with van der Waals surface area (Å²) in [4.78, 5) is 36.1. The van der Waals surface area contributed by atoms with Crippen LogP contribution >= 0.6 is 11.6 Å². The quantitative estimate of drug-likeness (QED) is 0.208. The lowest BCUT2D eigenvalue weighted by Crippen LogP contribution is -2.32. The van der Waals surface area contributed by atoms with Gasteiger partial charge in [-0.15, -0.1) is 0 Å². The Morgan fingerprint density at radius 3 is 2.48 bits per heavy atom. The Morgan fingerprint density at radius 2 is 1.71 bits per heavy atom. The van der Waals surface area contributed by atoms with Gasteiger partial charge >= 0.3 is 17.8 Å². The zero-order valence-corrected chi connectivity index (χ0v) is 17.2. The topological polar surface area (TPSA) is 96.9 Å². The first-order valence-electron chi connectivity index (χ1n) is 9.20. The maximum atomic E-state index is 12.3. The third-order valence-electron chi connectivity index (χ3n) is 4.03. The zero-order valence-electron chi connectivity index (χ0n) is 16.5. The molecule has 0 spiro atoms. The molecule has 0 heterocycles. The Morgan fingerprint density at radius 1 is 0.935 bits per heavy atom. The second-order valence-electron chi connectivity index (χ2n) is 6.46. The van der Waals surface area contributed by atoms with E-state index in [-0.39, 0.29) is 0 Å². The van der Waals surface area contributed by atoms with E-state index in [1.54, 1.807) is 66.7 Å². The first kappa shape index (κ1) is 21.7. The van der Waals surface area contributed by atoms with Gasteiger partial charge in [0.15, 0.2) is 0 Å². The van der Waals surface area contributed by atoms with Crippen molar-refractivity contribution in [2.45, 2.75) is 6.92 Å². The van der Waals surface area contributed by atoms with Crippen molar-refractivity contribution in [3.05, 3.63) is 94.5 Å². The number of carbonyl (C=O) groups is 3. The summed E-state index contributed by atoms with van der Waals surface area (Å²) in [5, 5.41) is 6.46. The number of hydrazone groups is 1. The molecule has 0 atom stereocenters. The molecule has 3 rings (SSSR count). The first-order valence-corrected chi connectivity index (χ1v) is 9.58. The van der Waals surface area contributed by atoms with Gasteiger partial charge in [-0.05, 0) is 48.9 Å². The van der Waals surface area contributed by atoms with Crippen LogP contribution in [0.4, 0.5) is 5.69 Å². The van der Waals surface area contributed by atoms with Gasteiger partial charge in [0.05, 0.1) is 22.5 Å². The number of aryl methyl sites for hydroxylation is 1. The van der Waals surface area contributed by atoms with Crippen LogP contribution in [0.1, 0.15) is 21.5 Å². The van der Waals surface area contributed by atoms with E-state index in [9.17, 15) is 14.4 Å². The van der Waals surface area contributed by atoms with Crippen LogP contribution in [0.25, 0.3) is 0 Å². The van der Waals surface area contributed by atoms with Gasteiger partial charge in [0.1, 0.15) is 5.75 Å². The number of carbonyl (C=O) groups excluding carboxylic acids is 3. The third-order valence-corrected chi connectivity index (χ3v) is 4.36. The molecule has 2 N–H and O–H groups in total. The van der Waals surface area contributed by atoms with Crippen molar-refractivity contribution in [2.75, 3.05) is 5.32 Å². The summed E-state index contributed by atoms with van der Waals surface area (Å²) in [5.74, 6) is -2.04. The second kappa shape index (κ2) is 10.2. The van der Waals surface area contributed by atoms with Crippen molar-refractivity contribution in [2.24, 2.45) is 5.10 Å². The van der Waals surface area contributed by atoms with Crippen LogP contribution in [-0.4, -0.2) is 24.0 Å². The van der Waals surface area contributed by atoms with Crippen molar-refractivity contribution >= 4 is 41.3 Å². The molecule has 2 amide bonds. The van der Waals surface area contributed by atoms with Crippen LogP contribution < -0.4 is 15.5 Å². The minimum atomic E-state index is -0.960. The minimum Gasteiger partial charge on any atom is -0.423 e. The lowest BCUT2D eigenvalue weighted by molar-refractivity contribution is -0.136. The molecule has 8 heteroatoms. The molecule has 3 aromatic carbocycles. The Labute approximate surface area is 183 Å². The predicted molar refractivity (Wildman–Crippen MR) is 118 cm³/mol. The van der Waals surface area contributed by atoms with Gasteiger partial charge in [0, 0.05) is 0 Å². The van der Waals surface area contributed by atoms with E-state index in [0.29, 0.717) is 27.6 Å². The molecular formula is C23H18ClN3O4. The largest absolute Gasteiger partial charge is 0.423 e. The highest BCUT2D eigenvalue weighted by Crippen LogP contribution is 2.20. The van der Waals surface area contributed by atoms with Gasteiger partial charge < -0.3 is 10.1 Å². The Hall–Kier alpha value is -3.97. The number of esters is 1. The monoisotopic (exact) mass is 435 g/mol. The Kier molecular flexibility index (Phi) is 7.13. The van der Waals surface area contributed by atoms with Gasteiger partial charge in [0.25, 0.3) is 0 Å². The van der Waals surface area contributed by atoms with Crippen molar-refractivity contribution in [1.29, 1.82) is 0 Å². The molecule has 156 valence electrons. The molecule has 0 aliphatic carbocycles. The lowest BCUT2D eigenvalue weighted by atomic mass is 10.1. The highest BCUT2D eigenvalue weighted by atomic mass is 35.5. The van der Waals surface area contributed by atoms with Crippen LogP contribution in [0.15, 0.2) is 77.9 Å². The molecule has 3 aromatic rings. The van der Waals surface area contributed by atoms with Crippen LogP contribution in [-0.2, 0) is 9.59 Å². The molecule has 0 fully saturated rings. The van der Waals surface area contributed by atoms with Gasteiger partial charge in [-0.3, -0.25) is 9.59 Å². The molecule has 0 saturated heterocycles. The lowest BCUT2D eigenvalue weighted by Gasteiger charge is -2.06. The highest BCUT2D eigenvalue weighted by molar-refractivity contribution is 6.41. The van der Waals surface area contributed by atoms with Crippen molar-refractivity contribution in [3.63, 3.8) is 0 Å². The van der Waals surface area contributed by atoms with Gasteiger partial charge in [0.2, 0.25) is 0 Å². The summed E-state index contributed by atoms with van der Waals surface area (Å²) in [7, 11) is 0. The number of anilines is 1. The first-order chi connectivity index (χ1) is 14.9. The normalized spacial score (nSPS) is 10.5. The smallest absolute Gasteiger partial charge is 0.343 e. The van der Waals surface area contributed by atoms with E-state index in [4.69, 9.17) is 16.3 Å². The second-order valence-corrected chi connectivity index (χ2v) is 6.87. The summed E-state index contributed by atoms with van der Waals surface area (Å²) in [6, 6.07) is 20.2. The molecule has 7 nitrogen and oxygen atoms in total. The third kappa shape index (κ3) is 6.25. The number of halogens is 1. The summed E-state index contributed by atoms with van der Waals surface area (Å²) < 4.78 is 5.37. The number of para-hydroxylation sites is 1. The van der Waals surface area contributed by atoms with Crippen molar-refractivity contribution in [3.8, 4) is 5.75 Å². The number of amides is 2. The molecule has 31 heavy (non-hydrogen) atoms. The Bertz CT molecular complexity index is 1160. The number of nitrogens with one attached hydrogen (secondary N) is 2. The highest BCUT2D eigenvalue weighted by Gasteiger charge is 2.14. The standard InChI is InChI=1S/C23H18ClN3O4/c1-15-6-4-8-17(12-15)23(30)31-18-9-5-7-16(13-18)14-25-27-22(29)21(28)26-20-11-3-2-10-19(20)24/h2-14H,1H3,(H,26,28)(H,27,29)/b25-14+. The van der Waals surface area contributed by atoms with Gasteiger partial charge in [-0.2, -0.15) is 5.10 Å². The van der Waals surface area contributed by atoms with Crippen molar-refractivity contribution < 1.29 is 19.1 Å². The van der Waals surface area contributed by atoms with E-state index in [1.807, 2.05) is 13.0 Å². The predicted octanol–water partition coefficient (Wildman–Crippen LogP) is 3.96. The summed E-state index contributed by atoms with van der Waals surface area (Å²) in [6.45, 7) is 1.89. The maximum Gasteiger partial charge on any atom is 0.343 e. The van der Waals surface area contributed by atoms with Crippen LogP contribution in [0.2, 0.25) is 5.02 Å².